The van der Waals surface area contributed by atoms with Crippen LogP contribution in [0.3, 0.4) is 0 Å². The third-order valence-electron chi connectivity index (χ3n) is 3.80. The van der Waals surface area contributed by atoms with Crippen LogP contribution in [0.25, 0.3) is 0 Å². The number of ketones is 1. The molecule has 0 aromatic heterocycles. The van der Waals surface area contributed by atoms with E-state index in [1.807, 2.05) is 0 Å². The number of hydrogen-bond donors (Lipinski definition) is 0. The molecule has 0 spiro atoms. The van der Waals surface area contributed by atoms with Gasteiger partial charge in [-0.25, -0.2) is 0 Å². The summed E-state index contributed by atoms with van der Waals surface area (Å²) < 4.78 is 10.9. The van der Waals surface area contributed by atoms with Crippen LogP contribution in [0, 0.1) is 0 Å². The first-order chi connectivity index (χ1) is 10.5. The zero-order chi connectivity index (χ0) is 16.8. The van der Waals surface area contributed by atoms with Crippen LogP contribution in [0.2, 0.25) is 0 Å². The summed E-state index contributed by atoms with van der Waals surface area (Å²) >= 11 is 0. The minimum Gasteiger partial charge on any atom is -0.462 e. The number of ether oxygens (including phenoxy) is 2. The molecule has 0 bridgehead atoms. The lowest BCUT2D eigenvalue weighted by atomic mass is 10.1. The molecular formula is C18H34O4. The van der Waals surface area contributed by atoms with Gasteiger partial charge in [0.15, 0.2) is 0 Å². The summed E-state index contributed by atoms with van der Waals surface area (Å²) in [5.41, 5.74) is 0. The van der Waals surface area contributed by atoms with E-state index >= 15 is 0 Å². The molecule has 0 aliphatic carbocycles. The van der Waals surface area contributed by atoms with Crippen LogP contribution in [-0.2, 0) is 19.1 Å². The molecule has 130 valence electrons. The van der Waals surface area contributed by atoms with Gasteiger partial charge in [-0.1, -0.05) is 52.4 Å². The minimum atomic E-state index is -0.275. The molecule has 4 heteroatoms. The normalized spacial score (nSPS) is 13.6. The molecule has 0 aliphatic heterocycles. The van der Waals surface area contributed by atoms with E-state index in [0.717, 1.165) is 32.1 Å². The van der Waals surface area contributed by atoms with Crippen molar-refractivity contribution < 1.29 is 19.1 Å². The maximum absolute atomic E-state index is 12.0. The quantitative estimate of drug-likeness (QED) is 0.351. The second kappa shape index (κ2) is 13.7. The Balaban J connectivity index is 4.18. The van der Waals surface area contributed by atoms with E-state index in [1.54, 1.807) is 14.0 Å². The van der Waals surface area contributed by atoms with Crippen LogP contribution in [0.1, 0.15) is 85.0 Å². The summed E-state index contributed by atoms with van der Waals surface area (Å²) in [5, 5.41) is 0. The van der Waals surface area contributed by atoms with Crippen LogP contribution >= 0.6 is 0 Å². The predicted octanol–water partition coefficient (Wildman–Crippen LogP) is 4.44. The fourth-order valence-electron chi connectivity index (χ4n) is 2.48. The van der Waals surface area contributed by atoms with Crippen LogP contribution in [0.15, 0.2) is 0 Å². The van der Waals surface area contributed by atoms with E-state index in [0.29, 0.717) is 6.42 Å². The van der Waals surface area contributed by atoms with E-state index < -0.39 is 0 Å². The van der Waals surface area contributed by atoms with Gasteiger partial charge in [-0.3, -0.25) is 9.59 Å². The van der Waals surface area contributed by atoms with Gasteiger partial charge in [-0.05, 0) is 19.8 Å². The predicted molar refractivity (Wildman–Crippen MR) is 88.9 cm³/mol. The number of rotatable bonds is 14. The summed E-state index contributed by atoms with van der Waals surface area (Å²) in [5.74, 6) is -0.179. The average molecular weight is 314 g/mol. The molecule has 0 aromatic rings. The second-order valence-corrected chi connectivity index (χ2v) is 6.07. The van der Waals surface area contributed by atoms with Crippen molar-refractivity contribution >= 4 is 11.8 Å². The van der Waals surface area contributed by atoms with Crippen molar-refractivity contribution in [2.75, 3.05) is 7.11 Å². The first-order valence-electron chi connectivity index (χ1n) is 8.75. The van der Waals surface area contributed by atoms with Gasteiger partial charge in [0.2, 0.25) is 0 Å². The van der Waals surface area contributed by atoms with Gasteiger partial charge < -0.3 is 9.47 Å². The van der Waals surface area contributed by atoms with E-state index in [-0.39, 0.29) is 30.4 Å². The van der Waals surface area contributed by atoms with Crippen molar-refractivity contribution in [2.45, 2.75) is 97.2 Å². The van der Waals surface area contributed by atoms with Gasteiger partial charge in [-0.2, -0.15) is 0 Å². The Morgan fingerprint density at radius 3 is 2.05 bits per heavy atom. The first kappa shape index (κ1) is 21.1. The third-order valence-corrected chi connectivity index (χ3v) is 3.80. The van der Waals surface area contributed by atoms with Crippen molar-refractivity contribution in [3.05, 3.63) is 0 Å². The lowest BCUT2D eigenvalue weighted by Crippen LogP contribution is -2.24. The van der Waals surface area contributed by atoms with Crippen LogP contribution in [-0.4, -0.2) is 31.1 Å². The van der Waals surface area contributed by atoms with Gasteiger partial charge in [0, 0.05) is 13.5 Å². The van der Waals surface area contributed by atoms with E-state index in [1.165, 1.54) is 19.3 Å². The standard InChI is InChI=1S/C18H34O4/c1-5-7-9-10-12-16(21-4)14-18(20)22-17(11-8-6-2)13-15(3)19/h16-17H,5-14H2,1-4H3/t16-,17-/m0/s1. The highest BCUT2D eigenvalue weighted by Crippen LogP contribution is 2.15. The molecule has 0 heterocycles. The number of unbranched alkanes of at least 4 members (excludes halogenated alkanes) is 4. The van der Waals surface area contributed by atoms with Crippen molar-refractivity contribution in [3.63, 3.8) is 0 Å². The number of carbonyl (C=O) groups excluding carboxylic acids is 2. The minimum absolute atomic E-state index is 0.0664. The Morgan fingerprint density at radius 1 is 0.864 bits per heavy atom. The molecule has 2 atom stereocenters. The van der Waals surface area contributed by atoms with Gasteiger partial charge >= 0.3 is 5.97 Å². The summed E-state index contributed by atoms with van der Waals surface area (Å²) in [6.45, 7) is 5.80. The number of methoxy groups -OCH3 is 1. The highest BCUT2D eigenvalue weighted by atomic mass is 16.5. The molecular weight excluding hydrogens is 280 g/mol. The van der Waals surface area contributed by atoms with E-state index in [2.05, 4.69) is 13.8 Å². The molecule has 22 heavy (non-hydrogen) atoms. The molecule has 0 radical (unpaired) electrons. The Kier molecular flexibility index (Phi) is 13.2. The summed E-state index contributed by atoms with van der Waals surface area (Å²) in [7, 11) is 1.64. The smallest absolute Gasteiger partial charge is 0.308 e. The van der Waals surface area contributed by atoms with E-state index in [4.69, 9.17) is 9.47 Å². The number of hydrogen-bond acceptors (Lipinski definition) is 4. The molecule has 0 amide bonds. The Bertz CT molecular complexity index is 301. The SMILES string of the molecule is CCCCCC[C@@H](CC(=O)O[C@@H](CCCC)CC(C)=O)OC. The first-order valence-corrected chi connectivity index (χ1v) is 8.75. The van der Waals surface area contributed by atoms with Crippen molar-refractivity contribution in [2.24, 2.45) is 0 Å². The summed E-state index contributed by atoms with van der Waals surface area (Å²) in [4.78, 5) is 23.3. The largest absolute Gasteiger partial charge is 0.462 e. The third kappa shape index (κ3) is 11.7. The van der Waals surface area contributed by atoms with Crippen LogP contribution < -0.4 is 0 Å². The Labute approximate surface area is 135 Å². The lowest BCUT2D eigenvalue weighted by Gasteiger charge is -2.19. The van der Waals surface area contributed by atoms with Crippen molar-refractivity contribution in [1.82, 2.24) is 0 Å². The molecule has 0 saturated carbocycles. The Morgan fingerprint density at radius 2 is 1.50 bits per heavy atom. The van der Waals surface area contributed by atoms with Crippen LogP contribution in [0.4, 0.5) is 0 Å². The zero-order valence-corrected chi connectivity index (χ0v) is 14.9. The molecule has 0 aliphatic rings. The molecule has 0 aromatic carbocycles. The molecule has 0 unspecified atom stereocenters. The molecule has 4 nitrogen and oxygen atoms in total. The van der Waals surface area contributed by atoms with Gasteiger partial charge in [0.25, 0.3) is 0 Å². The average Bonchev–Trinajstić information content (AvgIpc) is 2.47. The lowest BCUT2D eigenvalue weighted by molar-refractivity contribution is -0.153. The fourth-order valence-corrected chi connectivity index (χ4v) is 2.48. The molecule has 0 rings (SSSR count). The number of carbonyl (C=O) groups is 2. The fraction of sp³-hybridized carbons (Fsp3) is 0.889. The zero-order valence-electron chi connectivity index (χ0n) is 14.9. The topological polar surface area (TPSA) is 52.6 Å². The molecule has 0 saturated heterocycles. The number of Topliss-reactive ketones (excluding diaryl/α,β-unsaturated/α-hetero) is 1. The highest BCUT2D eigenvalue weighted by molar-refractivity contribution is 5.77. The maximum atomic E-state index is 12.0. The van der Waals surface area contributed by atoms with Crippen LogP contribution in [0.5, 0.6) is 0 Å². The monoisotopic (exact) mass is 314 g/mol. The highest BCUT2D eigenvalue weighted by Gasteiger charge is 2.19. The van der Waals surface area contributed by atoms with Gasteiger partial charge in [0.05, 0.1) is 12.5 Å². The van der Waals surface area contributed by atoms with E-state index in [9.17, 15) is 9.59 Å². The number of esters is 1. The Hall–Kier alpha value is -0.900. The van der Waals surface area contributed by atoms with Gasteiger partial charge in [-0.15, -0.1) is 0 Å². The maximum Gasteiger partial charge on any atom is 0.308 e. The summed E-state index contributed by atoms with van der Waals surface area (Å²) in [6, 6.07) is 0. The van der Waals surface area contributed by atoms with Crippen molar-refractivity contribution in [1.29, 1.82) is 0 Å². The second-order valence-electron chi connectivity index (χ2n) is 6.07. The molecule has 0 fully saturated rings. The molecule has 0 N–H and O–H groups in total. The summed E-state index contributed by atoms with van der Waals surface area (Å²) in [6.07, 6.45) is 8.57. The van der Waals surface area contributed by atoms with Crippen molar-refractivity contribution in [3.8, 4) is 0 Å². The van der Waals surface area contributed by atoms with Gasteiger partial charge in [0.1, 0.15) is 11.9 Å².